The van der Waals surface area contributed by atoms with E-state index in [0.717, 1.165) is 28.8 Å². The van der Waals surface area contributed by atoms with Crippen LogP contribution in [0.4, 0.5) is 5.69 Å². The summed E-state index contributed by atoms with van der Waals surface area (Å²) in [6.07, 6.45) is 0.750. The van der Waals surface area contributed by atoms with Gasteiger partial charge in [0, 0.05) is 24.0 Å². The number of anilines is 1. The number of ether oxygens (including phenoxy) is 1. The highest BCUT2D eigenvalue weighted by molar-refractivity contribution is 7.99. The average Bonchev–Trinajstić information content (AvgIpc) is 3.27. The van der Waals surface area contributed by atoms with E-state index in [1.807, 2.05) is 54.3 Å². The summed E-state index contributed by atoms with van der Waals surface area (Å²) in [6.45, 7) is 2.56. The number of aromatic nitrogens is 3. The molecule has 0 saturated heterocycles. The molecule has 0 atom stereocenters. The van der Waals surface area contributed by atoms with Crippen molar-refractivity contribution in [1.82, 2.24) is 14.8 Å². The Morgan fingerprint density at radius 3 is 2.77 bits per heavy atom. The van der Waals surface area contributed by atoms with Gasteiger partial charge in [0.25, 0.3) is 0 Å². The van der Waals surface area contributed by atoms with Crippen LogP contribution in [-0.2, 0) is 18.3 Å². The molecule has 136 valence electrons. The van der Waals surface area contributed by atoms with Crippen molar-refractivity contribution in [1.29, 1.82) is 0 Å². The van der Waals surface area contributed by atoms with Crippen LogP contribution in [0.3, 0.4) is 0 Å². The summed E-state index contributed by atoms with van der Waals surface area (Å²) in [5.74, 6) is 1.87. The molecule has 1 N–H and O–H groups in total. The Kier molecular flexibility index (Phi) is 6.30. The molecule has 0 spiro atoms. The molecule has 1 aromatic carbocycles. The lowest BCUT2D eigenvalue weighted by atomic mass is 10.3. The van der Waals surface area contributed by atoms with E-state index in [1.165, 1.54) is 16.6 Å². The Hall–Kier alpha value is -2.32. The molecule has 0 aliphatic heterocycles. The average molecular weight is 389 g/mol. The number of nitrogens with one attached hydrogen (secondary N) is 1. The zero-order valence-electron chi connectivity index (χ0n) is 14.6. The number of carbonyl (C=O) groups is 1. The van der Waals surface area contributed by atoms with Crippen LogP contribution in [-0.4, -0.2) is 33.0 Å². The number of thioether (sulfide) groups is 1. The summed E-state index contributed by atoms with van der Waals surface area (Å²) >= 11 is 3.07. The highest BCUT2D eigenvalue weighted by atomic mass is 32.2. The minimum Gasteiger partial charge on any atom is -0.494 e. The van der Waals surface area contributed by atoms with Gasteiger partial charge in [-0.15, -0.1) is 21.5 Å². The zero-order valence-corrected chi connectivity index (χ0v) is 16.3. The highest BCUT2D eigenvalue weighted by Gasteiger charge is 2.12. The fourth-order valence-electron chi connectivity index (χ4n) is 2.32. The number of benzene rings is 1. The largest absolute Gasteiger partial charge is 0.494 e. The van der Waals surface area contributed by atoms with E-state index in [9.17, 15) is 4.79 Å². The number of hydrogen-bond acceptors (Lipinski definition) is 6. The Morgan fingerprint density at radius 1 is 1.27 bits per heavy atom. The van der Waals surface area contributed by atoms with Gasteiger partial charge in [0.15, 0.2) is 5.16 Å². The van der Waals surface area contributed by atoms with Gasteiger partial charge < -0.3 is 14.6 Å². The van der Waals surface area contributed by atoms with E-state index in [-0.39, 0.29) is 11.7 Å². The molecule has 3 rings (SSSR count). The minimum atomic E-state index is -0.0815. The van der Waals surface area contributed by atoms with E-state index in [2.05, 4.69) is 21.6 Å². The molecule has 3 aromatic rings. The summed E-state index contributed by atoms with van der Waals surface area (Å²) in [5.41, 5.74) is 0.746. The van der Waals surface area contributed by atoms with Crippen LogP contribution in [0.2, 0.25) is 0 Å². The van der Waals surface area contributed by atoms with E-state index in [0.29, 0.717) is 6.61 Å². The Morgan fingerprint density at radius 2 is 2.08 bits per heavy atom. The maximum atomic E-state index is 12.2. The van der Waals surface area contributed by atoms with Crippen LogP contribution in [0.1, 0.15) is 17.6 Å². The lowest BCUT2D eigenvalue weighted by molar-refractivity contribution is -0.113. The molecule has 0 saturated carbocycles. The molecule has 8 heteroatoms. The first kappa shape index (κ1) is 18.5. The summed E-state index contributed by atoms with van der Waals surface area (Å²) in [6, 6.07) is 11.4. The number of hydrogen-bond donors (Lipinski definition) is 1. The topological polar surface area (TPSA) is 69.0 Å². The molecule has 0 bridgehead atoms. The van der Waals surface area contributed by atoms with Crippen LogP contribution >= 0.6 is 23.1 Å². The quantitative estimate of drug-likeness (QED) is 0.597. The number of nitrogens with zero attached hydrogens (tertiary/aromatic N) is 3. The van der Waals surface area contributed by atoms with Crippen molar-refractivity contribution in [3.8, 4) is 5.75 Å². The van der Waals surface area contributed by atoms with Crippen molar-refractivity contribution < 1.29 is 9.53 Å². The van der Waals surface area contributed by atoms with Crippen LogP contribution in [0, 0.1) is 0 Å². The third-order valence-corrected chi connectivity index (χ3v) is 5.52. The number of amides is 1. The number of rotatable bonds is 8. The van der Waals surface area contributed by atoms with Gasteiger partial charge in [-0.2, -0.15) is 0 Å². The third-order valence-electron chi connectivity index (χ3n) is 3.62. The summed E-state index contributed by atoms with van der Waals surface area (Å²) in [5, 5.41) is 14.1. The van der Waals surface area contributed by atoms with Crippen LogP contribution in [0.5, 0.6) is 5.75 Å². The Bertz CT molecular complexity index is 845. The van der Waals surface area contributed by atoms with Crippen molar-refractivity contribution >= 4 is 34.7 Å². The van der Waals surface area contributed by atoms with Gasteiger partial charge in [0.05, 0.1) is 12.4 Å². The van der Waals surface area contributed by atoms with Gasteiger partial charge in [0.1, 0.15) is 11.6 Å². The van der Waals surface area contributed by atoms with Crippen molar-refractivity contribution in [2.45, 2.75) is 18.5 Å². The maximum Gasteiger partial charge on any atom is 0.234 e. The molecule has 0 radical (unpaired) electrons. The van der Waals surface area contributed by atoms with Crippen LogP contribution < -0.4 is 10.1 Å². The van der Waals surface area contributed by atoms with E-state index in [4.69, 9.17) is 4.74 Å². The standard InChI is InChI=1S/C18H20N4O2S2/c1-3-24-14-8-6-13(7-9-14)19-17(23)12-26-18-21-20-16(22(18)2)11-15-5-4-10-25-15/h4-10H,3,11-12H2,1-2H3,(H,19,23). The van der Waals surface area contributed by atoms with Gasteiger partial charge >= 0.3 is 0 Å². The molecular weight excluding hydrogens is 368 g/mol. The van der Waals surface area contributed by atoms with Crippen molar-refractivity contribution in [2.75, 3.05) is 17.7 Å². The molecule has 0 fully saturated rings. The first-order chi connectivity index (χ1) is 12.7. The second kappa shape index (κ2) is 8.86. The van der Waals surface area contributed by atoms with Gasteiger partial charge in [-0.05, 0) is 42.6 Å². The van der Waals surface area contributed by atoms with Crippen molar-refractivity contribution in [3.05, 3.63) is 52.5 Å². The van der Waals surface area contributed by atoms with Crippen molar-refractivity contribution in [2.24, 2.45) is 7.05 Å². The molecule has 26 heavy (non-hydrogen) atoms. The smallest absolute Gasteiger partial charge is 0.234 e. The summed E-state index contributed by atoms with van der Waals surface area (Å²) in [7, 11) is 1.93. The zero-order chi connectivity index (χ0) is 18.4. The van der Waals surface area contributed by atoms with Crippen LogP contribution in [0.25, 0.3) is 0 Å². The second-order valence-corrected chi connectivity index (χ2v) is 7.48. The van der Waals surface area contributed by atoms with Crippen LogP contribution in [0.15, 0.2) is 46.9 Å². The van der Waals surface area contributed by atoms with Gasteiger partial charge in [-0.1, -0.05) is 17.8 Å². The molecule has 1 amide bonds. The molecular formula is C18H20N4O2S2. The van der Waals surface area contributed by atoms with E-state index in [1.54, 1.807) is 11.3 Å². The number of thiophene rings is 1. The molecule has 2 aromatic heterocycles. The minimum absolute atomic E-state index is 0.0815. The predicted octanol–water partition coefficient (Wildman–Crippen LogP) is 3.60. The Balaban J connectivity index is 1.52. The van der Waals surface area contributed by atoms with Gasteiger partial charge in [-0.25, -0.2) is 0 Å². The Labute approximate surface area is 160 Å². The maximum absolute atomic E-state index is 12.2. The first-order valence-corrected chi connectivity index (χ1v) is 10.1. The normalized spacial score (nSPS) is 10.7. The predicted molar refractivity (Wildman–Crippen MR) is 105 cm³/mol. The van der Waals surface area contributed by atoms with E-state index < -0.39 is 0 Å². The molecule has 6 nitrogen and oxygen atoms in total. The fourth-order valence-corrected chi connectivity index (χ4v) is 3.75. The summed E-state index contributed by atoms with van der Waals surface area (Å²) < 4.78 is 7.33. The molecule has 0 unspecified atom stereocenters. The molecule has 0 aliphatic rings. The lowest BCUT2D eigenvalue weighted by Gasteiger charge is -2.07. The van der Waals surface area contributed by atoms with Crippen molar-refractivity contribution in [3.63, 3.8) is 0 Å². The number of carbonyl (C=O) groups excluding carboxylic acids is 1. The fraction of sp³-hybridized carbons (Fsp3) is 0.278. The third kappa shape index (κ3) is 4.86. The molecule has 2 heterocycles. The second-order valence-electron chi connectivity index (χ2n) is 5.51. The SMILES string of the molecule is CCOc1ccc(NC(=O)CSc2nnc(Cc3cccs3)n2C)cc1. The highest BCUT2D eigenvalue weighted by Crippen LogP contribution is 2.20. The summed E-state index contributed by atoms with van der Waals surface area (Å²) in [4.78, 5) is 13.4. The molecule has 0 aliphatic carbocycles. The van der Waals surface area contributed by atoms with E-state index >= 15 is 0 Å². The van der Waals surface area contributed by atoms with Gasteiger partial charge in [-0.3, -0.25) is 4.79 Å². The van der Waals surface area contributed by atoms with Gasteiger partial charge in [0.2, 0.25) is 5.91 Å². The first-order valence-electron chi connectivity index (χ1n) is 8.22. The lowest BCUT2D eigenvalue weighted by Crippen LogP contribution is -2.14. The monoisotopic (exact) mass is 388 g/mol.